The van der Waals surface area contributed by atoms with Crippen molar-refractivity contribution in [2.24, 2.45) is 34.8 Å². The monoisotopic (exact) mass is 931 g/mol. The molecule has 0 aromatic heterocycles. The molecule has 0 aliphatic carbocycles. The van der Waals surface area contributed by atoms with Gasteiger partial charge in [0.15, 0.2) is 0 Å². The Hall–Kier alpha value is -3.70. The molecule has 63 heavy (non-hydrogen) atoms. The smallest absolute Gasteiger partial charge is 0.326 e. The zero-order valence-corrected chi connectivity index (χ0v) is 39.4. The molecule has 20 nitrogen and oxygen atoms in total. The highest BCUT2D eigenvalue weighted by molar-refractivity contribution is 8.77. The fourth-order valence-electron chi connectivity index (χ4n) is 7.34. The summed E-state index contributed by atoms with van der Waals surface area (Å²) in [6.07, 6.45) is 4.41. The maximum absolute atomic E-state index is 13.9. The van der Waals surface area contributed by atoms with Gasteiger partial charge in [0.25, 0.3) is 0 Å². The number of unbranched alkanes of at least 4 members (excludes halogenated alkanes) is 2. The summed E-state index contributed by atoms with van der Waals surface area (Å²) in [6, 6.07) is -8.18. The average molecular weight is 931 g/mol. The second kappa shape index (κ2) is 26.9. The van der Waals surface area contributed by atoms with Crippen LogP contribution in [0.15, 0.2) is 0 Å². The average Bonchev–Trinajstić information content (AvgIpc) is 3.93. The lowest BCUT2D eigenvalue weighted by atomic mass is 10.0. The third-order valence-corrected chi connectivity index (χ3v) is 14.8. The predicted octanol–water partition coefficient (Wildman–Crippen LogP) is -0.149. The molecular weight excluding hydrogens is 857 g/mol. The minimum atomic E-state index is -1.31. The molecule has 0 unspecified atom stereocenters. The normalized spacial score (nSPS) is 19.5. The summed E-state index contributed by atoms with van der Waals surface area (Å²) in [5, 5.41) is 30.3. The molecule has 2 saturated heterocycles. The molecule has 2 fully saturated rings. The Morgan fingerprint density at radius 1 is 0.651 bits per heavy atom. The fraction of sp³-hybridized carbons (Fsp3) is 0.805. The van der Waals surface area contributed by atoms with Crippen LogP contribution in [0.4, 0.5) is 0 Å². The number of rotatable bonds is 28. The van der Waals surface area contributed by atoms with E-state index in [1.807, 2.05) is 13.8 Å². The maximum Gasteiger partial charge on any atom is 0.326 e. The van der Waals surface area contributed by atoms with Gasteiger partial charge in [-0.15, -0.1) is 0 Å². The number of aliphatic carboxylic acids is 2. The molecule has 2 rings (SSSR count). The molecule has 0 saturated carbocycles. The minimum Gasteiger partial charge on any atom is -0.480 e. The number of carboxylic acids is 2. The number of nitrogens with two attached hydrogens (primary N) is 4. The van der Waals surface area contributed by atoms with Crippen molar-refractivity contribution in [1.29, 1.82) is 0 Å². The van der Waals surface area contributed by atoms with E-state index in [4.69, 9.17) is 22.9 Å². The highest BCUT2D eigenvalue weighted by atomic mass is 33.1. The number of carboxylic acid groups (broad SMARTS) is 2. The van der Waals surface area contributed by atoms with Crippen molar-refractivity contribution < 1.29 is 48.6 Å². The zero-order valence-electron chi connectivity index (χ0n) is 37.8. The number of likely N-dealkylation sites (tertiary alicyclic amines) is 2. The van der Waals surface area contributed by atoms with Crippen molar-refractivity contribution in [3.63, 3.8) is 0 Å². The van der Waals surface area contributed by atoms with Gasteiger partial charge in [-0.2, -0.15) is 0 Å². The van der Waals surface area contributed by atoms with Crippen LogP contribution in [-0.4, -0.2) is 152 Å². The van der Waals surface area contributed by atoms with Gasteiger partial charge in [-0.1, -0.05) is 49.3 Å². The largest absolute Gasteiger partial charge is 0.480 e. The van der Waals surface area contributed by atoms with E-state index in [0.717, 1.165) is 0 Å². The summed E-state index contributed by atoms with van der Waals surface area (Å²) < 4.78 is -0.937. The summed E-state index contributed by atoms with van der Waals surface area (Å²) in [5.41, 5.74) is 23.9. The van der Waals surface area contributed by atoms with Crippen molar-refractivity contribution in [1.82, 2.24) is 31.1 Å². The summed E-state index contributed by atoms with van der Waals surface area (Å²) >= 11 is 0. The minimum absolute atomic E-state index is 0.00953. The predicted molar refractivity (Wildman–Crippen MR) is 243 cm³/mol. The second-order valence-electron chi connectivity index (χ2n) is 17.6. The Kier molecular flexibility index (Phi) is 23.7. The van der Waals surface area contributed by atoms with Gasteiger partial charge in [-0.05, 0) is 109 Å². The first kappa shape index (κ1) is 55.4. The number of hydrogen-bond acceptors (Lipinski definition) is 14. The van der Waals surface area contributed by atoms with E-state index < -0.39 is 94.6 Å². The molecule has 0 aromatic rings. The molecule has 2 heterocycles. The van der Waals surface area contributed by atoms with Gasteiger partial charge in [0.1, 0.15) is 36.3 Å². The number of carbonyl (C=O) groups excluding carboxylic acids is 6. The Balaban J connectivity index is 2.07. The van der Waals surface area contributed by atoms with E-state index in [9.17, 15) is 48.6 Å². The summed E-state index contributed by atoms with van der Waals surface area (Å²) in [4.78, 5) is 108. The Morgan fingerprint density at radius 3 is 1.65 bits per heavy atom. The molecule has 0 spiro atoms. The van der Waals surface area contributed by atoms with Crippen molar-refractivity contribution in [2.75, 3.05) is 31.9 Å². The standard InChI is InChI=1S/C41H74N10O10S2/c1-23(2)30(44)38(57)51-21-12-15-28(51)34(53)46-25(13-7-9-18-42)33(52)48-27(39(58)59)17-22-62-63-41(5,6)32(45)36(55)47-26(14-8-10-19-43)37(56)50-20-11-16-29(50)35(54)49-31(24(3)4)40(60)61/h23-32H,7-22,42-45H2,1-6H3,(H,46,53)(H,47,55)(H,48,52)(H,49,54)(H,58,59)(H,60,61)/t25-,26-,27-,28-,29-,30-,31-,32-/m0/s1. The summed E-state index contributed by atoms with van der Waals surface area (Å²) in [5.74, 6) is -5.98. The molecule has 22 heteroatoms. The lowest BCUT2D eigenvalue weighted by molar-refractivity contribution is -0.146. The van der Waals surface area contributed by atoms with E-state index in [-0.39, 0.29) is 49.3 Å². The molecule has 360 valence electrons. The maximum atomic E-state index is 13.9. The van der Waals surface area contributed by atoms with Gasteiger partial charge >= 0.3 is 11.9 Å². The van der Waals surface area contributed by atoms with Crippen molar-refractivity contribution >= 4 is 69.0 Å². The molecule has 0 aromatic carbocycles. The second-order valence-corrected chi connectivity index (χ2v) is 20.7. The summed E-state index contributed by atoms with van der Waals surface area (Å²) in [7, 11) is 2.48. The molecule has 2 aliphatic rings. The SMILES string of the molecule is CC(C)[C@H](N)C(=O)N1CCC[C@H]1C(=O)N[C@@H](CCCCN)C(=O)N[C@@H](CCSSC(C)(C)[C@@H](N)C(=O)N[C@@H](CCCCN)C(=O)N1CCC[C@H]1C(=O)N[C@H](C(=O)O)C(C)C)C(=O)O. The van der Waals surface area contributed by atoms with Gasteiger partial charge < -0.3 is 64.2 Å². The first-order chi connectivity index (χ1) is 29.6. The summed E-state index contributed by atoms with van der Waals surface area (Å²) in [6.45, 7) is 11.8. The van der Waals surface area contributed by atoms with Crippen LogP contribution < -0.4 is 44.2 Å². The first-order valence-corrected chi connectivity index (χ1v) is 24.4. The van der Waals surface area contributed by atoms with Gasteiger partial charge in [-0.3, -0.25) is 28.8 Å². The molecule has 0 radical (unpaired) electrons. The molecular formula is C41H74N10O10S2. The van der Waals surface area contributed by atoms with Gasteiger partial charge in [0.2, 0.25) is 35.4 Å². The van der Waals surface area contributed by atoms with Crippen LogP contribution in [0.2, 0.25) is 0 Å². The van der Waals surface area contributed by atoms with Crippen LogP contribution in [-0.2, 0) is 38.4 Å². The number of nitrogens with zero attached hydrogens (tertiary/aromatic N) is 2. The van der Waals surface area contributed by atoms with Gasteiger partial charge in [-0.25, -0.2) is 9.59 Å². The van der Waals surface area contributed by atoms with E-state index in [2.05, 4.69) is 21.3 Å². The Bertz CT molecular complexity index is 1570. The highest BCUT2D eigenvalue weighted by Crippen LogP contribution is 2.38. The number of carbonyl (C=O) groups is 8. The number of nitrogens with one attached hydrogen (secondary N) is 4. The van der Waals surface area contributed by atoms with Crippen molar-refractivity contribution in [3.05, 3.63) is 0 Å². The molecule has 0 bridgehead atoms. The quantitative estimate of drug-likeness (QED) is 0.0360. The molecule has 14 N–H and O–H groups in total. The molecule has 6 amide bonds. The zero-order chi connectivity index (χ0) is 47.6. The van der Waals surface area contributed by atoms with Gasteiger partial charge in [0, 0.05) is 23.6 Å². The van der Waals surface area contributed by atoms with E-state index in [0.29, 0.717) is 71.0 Å². The molecule has 2 aliphatic heterocycles. The van der Waals surface area contributed by atoms with Gasteiger partial charge in [0.05, 0.1) is 12.1 Å². The van der Waals surface area contributed by atoms with Crippen LogP contribution >= 0.6 is 21.6 Å². The molecule has 8 atom stereocenters. The third-order valence-electron chi connectivity index (χ3n) is 11.5. The van der Waals surface area contributed by atoms with Crippen molar-refractivity contribution in [3.8, 4) is 0 Å². The van der Waals surface area contributed by atoms with Crippen LogP contribution in [0.5, 0.6) is 0 Å². The lowest BCUT2D eigenvalue weighted by Crippen LogP contribution is -2.59. The van der Waals surface area contributed by atoms with Crippen LogP contribution in [0.1, 0.15) is 112 Å². The Morgan fingerprint density at radius 2 is 1.16 bits per heavy atom. The van der Waals surface area contributed by atoms with E-state index in [1.165, 1.54) is 31.4 Å². The number of amides is 6. The van der Waals surface area contributed by atoms with Crippen LogP contribution in [0, 0.1) is 11.8 Å². The fourth-order valence-corrected chi connectivity index (χ4v) is 10.0. The topological polar surface area (TPSA) is 336 Å². The van der Waals surface area contributed by atoms with Crippen LogP contribution in [0.3, 0.4) is 0 Å². The third kappa shape index (κ3) is 17.0. The first-order valence-electron chi connectivity index (χ1n) is 22.1. The number of hydrogen-bond donors (Lipinski definition) is 10. The van der Waals surface area contributed by atoms with Crippen LogP contribution in [0.25, 0.3) is 0 Å². The Labute approximate surface area is 379 Å². The van der Waals surface area contributed by atoms with E-state index in [1.54, 1.807) is 27.7 Å². The van der Waals surface area contributed by atoms with E-state index >= 15 is 0 Å². The lowest BCUT2D eigenvalue weighted by Gasteiger charge is -2.33. The highest BCUT2D eigenvalue weighted by Gasteiger charge is 2.42. The van der Waals surface area contributed by atoms with Crippen molar-refractivity contribution in [2.45, 2.75) is 165 Å².